The van der Waals surface area contributed by atoms with Gasteiger partial charge in [0.25, 0.3) is 5.69 Å². The minimum atomic E-state index is -3.90. The minimum Gasteiger partial charge on any atom is -0.493 e. The van der Waals surface area contributed by atoms with Gasteiger partial charge in [0, 0.05) is 6.20 Å². The van der Waals surface area contributed by atoms with E-state index in [1.807, 2.05) is 0 Å². The van der Waals surface area contributed by atoms with Crippen LogP contribution in [0.3, 0.4) is 0 Å². The van der Waals surface area contributed by atoms with Gasteiger partial charge in [0.15, 0.2) is 17.6 Å². The van der Waals surface area contributed by atoms with Crippen LogP contribution >= 0.6 is 0 Å². The first-order valence-corrected chi connectivity index (χ1v) is 9.77. The van der Waals surface area contributed by atoms with Crippen molar-refractivity contribution in [1.29, 1.82) is 0 Å². The highest BCUT2D eigenvalue weighted by Crippen LogP contribution is 2.42. The van der Waals surface area contributed by atoms with Gasteiger partial charge < -0.3 is 29.2 Å². The molecule has 14 nitrogen and oxygen atoms in total. The molecular weight excluding hydrogens is 482 g/mol. The fourth-order valence-electron chi connectivity index (χ4n) is 3.26. The van der Waals surface area contributed by atoms with E-state index in [1.54, 1.807) is 0 Å². The highest BCUT2D eigenvalue weighted by Gasteiger charge is 2.59. The Hall–Kier alpha value is -3.89. The predicted octanol–water partition coefficient (Wildman–Crippen LogP) is 0.803. The third-order valence-corrected chi connectivity index (χ3v) is 5.01. The lowest BCUT2D eigenvalue weighted by molar-refractivity contribution is -0.385. The van der Waals surface area contributed by atoms with Crippen LogP contribution < -0.4 is 20.5 Å². The molecule has 1 aliphatic heterocycles. The summed E-state index contributed by atoms with van der Waals surface area (Å²) in [5.41, 5.74) is -1.69. The number of ether oxygens (including phenoxy) is 4. The Kier molecular flexibility index (Phi) is 7.47. The molecule has 1 aliphatic rings. The van der Waals surface area contributed by atoms with E-state index in [2.05, 4.69) is 10.3 Å². The summed E-state index contributed by atoms with van der Waals surface area (Å²) in [4.78, 5) is 38.4. The molecule has 0 radical (unpaired) electrons. The molecule has 0 aliphatic carbocycles. The summed E-state index contributed by atoms with van der Waals surface area (Å²) in [6, 6.07) is 3.33. The molecule has 190 valence electrons. The Morgan fingerprint density at radius 3 is 2.54 bits per heavy atom. The van der Waals surface area contributed by atoms with Gasteiger partial charge in [-0.25, -0.2) is 9.59 Å². The maximum Gasteiger partial charge on any atom is 0.413 e. The number of amides is 1. The van der Waals surface area contributed by atoms with E-state index in [4.69, 9.17) is 24.1 Å². The number of carbonyl (C=O) groups is 1. The number of methoxy groups -OCH3 is 2. The lowest BCUT2D eigenvalue weighted by atomic mass is 10.1. The molecule has 1 fully saturated rings. The molecule has 1 aromatic heterocycles. The van der Waals surface area contributed by atoms with Gasteiger partial charge >= 0.3 is 17.7 Å². The number of rotatable bonds is 8. The monoisotopic (exact) mass is 502 g/mol. The zero-order chi connectivity index (χ0) is 25.9. The number of benzene rings is 1. The van der Waals surface area contributed by atoms with Gasteiger partial charge in [-0.2, -0.15) is 13.8 Å². The lowest BCUT2D eigenvalue weighted by Gasteiger charge is -2.21. The molecular formula is C19H20F2N4O10. The Labute approximate surface area is 194 Å². The van der Waals surface area contributed by atoms with Crippen LogP contribution in [0.2, 0.25) is 0 Å². The second-order valence-corrected chi connectivity index (χ2v) is 7.13. The molecule has 0 bridgehead atoms. The van der Waals surface area contributed by atoms with Crippen molar-refractivity contribution in [3.8, 4) is 11.5 Å². The third-order valence-electron chi connectivity index (χ3n) is 5.01. The summed E-state index contributed by atoms with van der Waals surface area (Å²) in [5.74, 6) is -4.03. The Morgan fingerprint density at radius 1 is 1.34 bits per heavy atom. The smallest absolute Gasteiger partial charge is 0.413 e. The summed E-state index contributed by atoms with van der Waals surface area (Å²) in [6.45, 7) is -1.47. The number of nitrogens with one attached hydrogen (secondary N) is 1. The highest BCUT2D eigenvalue weighted by atomic mass is 19.3. The number of aromatic nitrogens is 2. The van der Waals surface area contributed by atoms with Crippen molar-refractivity contribution in [2.75, 3.05) is 26.1 Å². The molecule has 3 unspecified atom stereocenters. The number of nitro groups is 1. The number of nitro benzene ring substituents is 1. The number of carbonyl (C=O) groups excluding carboxylic acids is 1. The van der Waals surface area contributed by atoms with Crippen LogP contribution in [0.15, 0.2) is 29.2 Å². The zero-order valence-electron chi connectivity index (χ0n) is 18.2. The van der Waals surface area contributed by atoms with E-state index < -0.39 is 60.0 Å². The average molecular weight is 502 g/mol. The summed E-state index contributed by atoms with van der Waals surface area (Å²) in [7, 11) is 2.60. The number of aliphatic hydroxyl groups excluding tert-OH is 2. The van der Waals surface area contributed by atoms with Crippen molar-refractivity contribution in [3.63, 3.8) is 0 Å². The number of anilines is 1. The van der Waals surface area contributed by atoms with Gasteiger partial charge in [-0.1, -0.05) is 0 Å². The van der Waals surface area contributed by atoms with Gasteiger partial charge in [-0.15, -0.1) is 0 Å². The fraction of sp³-hybridized carbons (Fsp3) is 0.421. The lowest BCUT2D eigenvalue weighted by Crippen LogP contribution is -2.41. The van der Waals surface area contributed by atoms with Gasteiger partial charge in [0.1, 0.15) is 18.5 Å². The standard InChI is InChI=1S/C19H20F2N4O10/c1-32-11-5-9(10(25(30)31)6-12(11)33-2)8-34-18(29)23-14-3-4-24(17(28)22-14)16-19(20,21)15(27)13(7-26)35-16/h3-6,13,15-16,26-27H,7-8H2,1-2H3,(H,22,23,28,29). The predicted molar refractivity (Wildman–Crippen MR) is 110 cm³/mol. The van der Waals surface area contributed by atoms with E-state index in [1.165, 1.54) is 20.3 Å². The number of alkyl halides is 2. The first-order valence-electron chi connectivity index (χ1n) is 9.77. The largest absolute Gasteiger partial charge is 0.493 e. The van der Waals surface area contributed by atoms with Gasteiger partial charge in [0.05, 0.1) is 37.4 Å². The van der Waals surface area contributed by atoms with Crippen molar-refractivity contribution in [2.45, 2.75) is 31.0 Å². The molecule has 0 spiro atoms. The molecule has 1 saturated heterocycles. The minimum absolute atomic E-state index is 0.0243. The second-order valence-electron chi connectivity index (χ2n) is 7.13. The molecule has 2 heterocycles. The molecule has 2 aromatic rings. The van der Waals surface area contributed by atoms with E-state index in [-0.39, 0.29) is 22.9 Å². The topological polar surface area (TPSA) is 185 Å². The zero-order valence-corrected chi connectivity index (χ0v) is 18.2. The summed E-state index contributed by atoms with van der Waals surface area (Å²) >= 11 is 0. The first kappa shape index (κ1) is 25.7. The maximum absolute atomic E-state index is 14.2. The fourth-order valence-corrected chi connectivity index (χ4v) is 3.26. The van der Waals surface area contributed by atoms with Crippen LogP contribution in [0.5, 0.6) is 11.5 Å². The maximum atomic E-state index is 14.2. The molecule has 0 saturated carbocycles. The Bertz CT molecular complexity index is 1170. The number of nitrogens with zero attached hydrogens (tertiary/aromatic N) is 3. The van der Waals surface area contributed by atoms with Crippen LogP contribution in [0.25, 0.3) is 0 Å². The summed E-state index contributed by atoms with van der Waals surface area (Å²) in [6.07, 6.45) is -6.51. The molecule has 3 rings (SSSR count). The van der Waals surface area contributed by atoms with Gasteiger partial charge in [0.2, 0.25) is 6.23 Å². The first-order chi connectivity index (χ1) is 16.5. The number of hydrogen-bond donors (Lipinski definition) is 3. The summed E-state index contributed by atoms with van der Waals surface area (Å²) in [5, 5.41) is 32.0. The number of hydrogen-bond acceptors (Lipinski definition) is 11. The van der Waals surface area contributed by atoms with Crippen molar-refractivity contribution in [1.82, 2.24) is 9.55 Å². The molecule has 35 heavy (non-hydrogen) atoms. The average Bonchev–Trinajstić information content (AvgIpc) is 3.05. The van der Waals surface area contributed by atoms with Gasteiger partial charge in [-0.3, -0.25) is 20.0 Å². The van der Waals surface area contributed by atoms with Crippen LogP contribution in [0.4, 0.5) is 25.1 Å². The van der Waals surface area contributed by atoms with E-state index >= 15 is 0 Å². The Morgan fingerprint density at radius 2 is 2.00 bits per heavy atom. The quantitative estimate of drug-likeness (QED) is 0.343. The van der Waals surface area contributed by atoms with Crippen molar-refractivity contribution < 1.29 is 47.7 Å². The van der Waals surface area contributed by atoms with Crippen molar-refractivity contribution in [3.05, 3.63) is 50.6 Å². The second kappa shape index (κ2) is 10.2. The van der Waals surface area contributed by atoms with E-state index in [9.17, 15) is 33.6 Å². The molecule has 1 amide bonds. The van der Waals surface area contributed by atoms with Crippen LogP contribution in [-0.4, -0.2) is 69.7 Å². The van der Waals surface area contributed by atoms with E-state index in [0.717, 1.165) is 18.3 Å². The van der Waals surface area contributed by atoms with Gasteiger partial charge in [-0.05, 0) is 12.1 Å². The van der Waals surface area contributed by atoms with E-state index in [0.29, 0.717) is 4.57 Å². The van der Waals surface area contributed by atoms with Crippen LogP contribution in [0, 0.1) is 10.1 Å². The normalized spacial score (nSPS) is 20.8. The summed E-state index contributed by atoms with van der Waals surface area (Å²) < 4.78 is 48.8. The molecule has 1 aromatic carbocycles. The van der Waals surface area contributed by atoms with Crippen LogP contribution in [-0.2, 0) is 16.1 Å². The van der Waals surface area contributed by atoms with Crippen molar-refractivity contribution >= 4 is 17.6 Å². The highest BCUT2D eigenvalue weighted by molar-refractivity contribution is 5.83. The third kappa shape index (κ3) is 5.13. The number of aliphatic hydroxyl groups is 2. The molecule has 16 heteroatoms. The van der Waals surface area contributed by atoms with Crippen molar-refractivity contribution in [2.24, 2.45) is 0 Å². The molecule has 3 N–H and O–H groups in total. The SMILES string of the molecule is COc1cc(COC(=O)Nc2ccn(C3OC(CO)C(O)C3(F)F)c(=O)n2)c([N+](=O)[O-])cc1OC. The molecule has 3 atom stereocenters. The Balaban J connectivity index is 1.72. The number of halogens is 2. The van der Waals surface area contributed by atoms with Crippen LogP contribution in [0.1, 0.15) is 11.8 Å².